The number of rotatable bonds is 7. The fourth-order valence-electron chi connectivity index (χ4n) is 4.24. The molecular weight excluding hydrogens is 428 g/mol. The number of amides is 3. The number of hydrogen-bond donors (Lipinski definition) is 1. The van der Waals surface area contributed by atoms with Gasteiger partial charge in [0.05, 0.1) is 22.5 Å². The van der Waals surface area contributed by atoms with E-state index in [-0.39, 0.29) is 30.7 Å². The molecule has 0 aliphatic carbocycles. The maximum absolute atomic E-state index is 12.6. The number of carbonyl (C=O) groups is 3. The van der Waals surface area contributed by atoms with Crippen LogP contribution in [0.1, 0.15) is 40.5 Å². The van der Waals surface area contributed by atoms with Crippen LogP contribution in [0.15, 0.2) is 42.5 Å². The minimum absolute atomic E-state index is 0.169. The lowest BCUT2D eigenvalue weighted by molar-refractivity contribution is -0.116. The first-order chi connectivity index (χ1) is 15.5. The van der Waals surface area contributed by atoms with Crippen molar-refractivity contribution in [1.82, 2.24) is 9.80 Å². The second-order valence-electron chi connectivity index (χ2n) is 8.04. The standard InChI is InChI=1S/C24H27ClN4O3/c1-2-27-12-14-28(15-13-27)21-10-9-17(25)16-20(21)26-22(30)8-5-11-29-23(31)18-6-3-4-7-19(18)24(29)32/h3-4,6-7,9-10,16H,2,5,8,11-15H2,1H3,(H,26,30). The third-order valence-corrected chi connectivity index (χ3v) is 6.29. The van der Waals surface area contributed by atoms with Crippen molar-refractivity contribution in [3.63, 3.8) is 0 Å². The summed E-state index contributed by atoms with van der Waals surface area (Å²) in [4.78, 5) is 43.4. The van der Waals surface area contributed by atoms with Gasteiger partial charge in [-0.2, -0.15) is 0 Å². The molecule has 2 aromatic rings. The van der Waals surface area contributed by atoms with Gasteiger partial charge in [-0.15, -0.1) is 0 Å². The Morgan fingerprint density at radius 2 is 1.66 bits per heavy atom. The van der Waals surface area contributed by atoms with E-state index in [4.69, 9.17) is 11.6 Å². The first kappa shape index (κ1) is 22.3. The quantitative estimate of drug-likeness (QED) is 0.648. The molecule has 1 fully saturated rings. The van der Waals surface area contributed by atoms with Crippen LogP contribution in [-0.2, 0) is 4.79 Å². The van der Waals surface area contributed by atoms with Crippen molar-refractivity contribution in [3.05, 3.63) is 58.6 Å². The van der Waals surface area contributed by atoms with Gasteiger partial charge in [-0.1, -0.05) is 30.7 Å². The van der Waals surface area contributed by atoms with Crippen LogP contribution in [0.25, 0.3) is 0 Å². The third kappa shape index (κ3) is 4.64. The number of nitrogens with one attached hydrogen (secondary N) is 1. The molecule has 168 valence electrons. The highest BCUT2D eigenvalue weighted by Crippen LogP contribution is 2.30. The maximum Gasteiger partial charge on any atom is 0.261 e. The van der Waals surface area contributed by atoms with E-state index in [1.165, 1.54) is 4.90 Å². The number of hydrogen-bond acceptors (Lipinski definition) is 5. The van der Waals surface area contributed by atoms with E-state index < -0.39 is 0 Å². The predicted molar refractivity (Wildman–Crippen MR) is 125 cm³/mol. The number of fused-ring (bicyclic) bond motifs is 1. The van der Waals surface area contributed by atoms with Crippen LogP contribution in [0.3, 0.4) is 0 Å². The zero-order valence-electron chi connectivity index (χ0n) is 18.1. The molecule has 7 nitrogen and oxygen atoms in total. The Balaban J connectivity index is 1.34. The number of carbonyl (C=O) groups excluding carboxylic acids is 3. The van der Waals surface area contributed by atoms with Crippen molar-refractivity contribution < 1.29 is 14.4 Å². The highest BCUT2D eigenvalue weighted by molar-refractivity contribution is 6.31. The maximum atomic E-state index is 12.6. The largest absolute Gasteiger partial charge is 0.367 e. The molecule has 0 unspecified atom stereocenters. The summed E-state index contributed by atoms with van der Waals surface area (Å²) in [6.45, 7) is 7.13. The van der Waals surface area contributed by atoms with E-state index in [1.54, 1.807) is 30.3 Å². The monoisotopic (exact) mass is 454 g/mol. The Morgan fingerprint density at radius 3 is 2.28 bits per heavy atom. The molecule has 32 heavy (non-hydrogen) atoms. The molecule has 1 saturated heterocycles. The van der Waals surface area contributed by atoms with Crippen LogP contribution in [0.5, 0.6) is 0 Å². The first-order valence-corrected chi connectivity index (χ1v) is 11.4. The van der Waals surface area contributed by atoms with Crippen molar-refractivity contribution in [1.29, 1.82) is 0 Å². The summed E-state index contributed by atoms with van der Waals surface area (Å²) in [5, 5.41) is 3.53. The normalized spacial score (nSPS) is 16.4. The van der Waals surface area contributed by atoms with Gasteiger partial charge in [0.15, 0.2) is 0 Å². The molecule has 8 heteroatoms. The molecule has 2 aliphatic rings. The fraction of sp³-hybridized carbons (Fsp3) is 0.375. The van der Waals surface area contributed by atoms with E-state index in [2.05, 4.69) is 22.0 Å². The molecular formula is C24H27ClN4O3. The SMILES string of the molecule is CCN1CCN(c2ccc(Cl)cc2NC(=O)CCCN2C(=O)c3ccccc3C2=O)CC1. The number of likely N-dealkylation sites (N-methyl/N-ethyl adjacent to an activating group) is 1. The van der Waals surface area contributed by atoms with Crippen LogP contribution in [0, 0.1) is 0 Å². The molecule has 0 saturated carbocycles. The summed E-state index contributed by atoms with van der Waals surface area (Å²) in [5.41, 5.74) is 2.49. The molecule has 3 amide bonds. The number of piperazine rings is 1. The van der Waals surface area contributed by atoms with Crippen molar-refractivity contribution in [2.45, 2.75) is 19.8 Å². The van der Waals surface area contributed by atoms with Gasteiger partial charge in [-0.05, 0) is 43.3 Å². The van der Waals surface area contributed by atoms with Gasteiger partial charge < -0.3 is 15.1 Å². The minimum atomic E-state index is -0.297. The lowest BCUT2D eigenvalue weighted by Crippen LogP contribution is -2.46. The fourth-order valence-corrected chi connectivity index (χ4v) is 4.41. The zero-order chi connectivity index (χ0) is 22.7. The van der Waals surface area contributed by atoms with E-state index in [0.717, 1.165) is 38.4 Å². The van der Waals surface area contributed by atoms with Crippen LogP contribution >= 0.6 is 11.6 Å². The Kier molecular flexibility index (Phi) is 6.77. The average Bonchev–Trinajstić information content (AvgIpc) is 3.04. The summed E-state index contributed by atoms with van der Waals surface area (Å²) in [6.07, 6.45) is 0.589. The van der Waals surface area contributed by atoms with Crippen LogP contribution in [0.2, 0.25) is 5.02 Å². The second kappa shape index (κ2) is 9.71. The summed E-state index contributed by atoms with van der Waals surface area (Å²) in [5.74, 6) is -0.763. The lowest BCUT2D eigenvalue weighted by atomic mass is 10.1. The summed E-state index contributed by atoms with van der Waals surface area (Å²) in [7, 11) is 0. The highest BCUT2D eigenvalue weighted by atomic mass is 35.5. The third-order valence-electron chi connectivity index (χ3n) is 6.06. The van der Waals surface area contributed by atoms with Gasteiger partial charge in [-0.3, -0.25) is 19.3 Å². The van der Waals surface area contributed by atoms with Crippen LogP contribution in [0.4, 0.5) is 11.4 Å². The molecule has 1 N–H and O–H groups in total. The van der Waals surface area contributed by atoms with Crippen LogP contribution < -0.4 is 10.2 Å². The predicted octanol–water partition coefficient (Wildman–Crippen LogP) is 3.50. The number of halogens is 1. The molecule has 2 aliphatic heterocycles. The first-order valence-electron chi connectivity index (χ1n) is 11.0. The molecule has 0 radical (unpaired) electrons. The molecule has 2 heterocycles. The van der Waals surface area contributed by atoms with Gasteiger partial charge in [0.2, 0.25) is 5.91 Å². The van der Waals surface area contributed by atoms with Crippen molar-refractivity contribution in [2.24, 2.45) is 0 Å². The topological polar surface area (TPSA) is 73.0 Å². The van der Waals surface area contributed by atoms with E-state index in [0.29, 0.717) is 28.3 Å². The van der Waals surface area contributed by atoms with Crippen molar-refractivity contribution in [2.75, 3.05) is 49.5 Å². The number of imide groups is 1. The molecule has 0 aromatic heterocycles. The lowest BCUT2D eigenvalue weighted by Gasteiger charge is -2.36. The van der Waals surface area contributed by atoms with Crippen molar-refractivity contribution >= 4 is 40.7 Å². The molecule has 0 bridgehead atoms. The van der Waals surface area contributed by atoms with Gasteiger partial charge >= 0.3 is 0 Å². The van der Waals surface area contributed by atoms with Crippen molar-refractivity contribution in [3.8, 4) is 0 Å². The number of nitrogens with zero attached hydrogens (tertiary/aromatic N) is 3. The summed E-state index contributed by atoms with van der Waals surface area (Å²) >= 11 is 6.19. The van der Waals surface area contributed by atoms with Gasteiger partial charge in [0.1, 0.15) is 0 Å². The number of anilines is 2. The van der Waals surface area contributed by atoms with Gasteiger partial charge in [-0.25, -0.2) is 0 Å². The Hall–Kier alpha value is -2.90. The summed E-state index contributed by atoms with van der Waals surface area (Å²) in [6, 6.07) is 12.3. The highest BCUT2D eigenvalue weighted by Gasteiger charge is 2.34. The average molecular weight is 455 g/mol. The van der Waals surface area contributed by atoms with Gasteiger partial charge in [0.25, 0.3) is 11.8 Å². The molecule has 2 aromatic carbocycles. The zero-order valence-corrected chi connectivity index (χ0v) is 18.9. The Bertz CT molecular complexity index is 999. The Morgan fingerprint density at radius 1 is 1.00 bits per heavy atom. The van der Waals surface area contributed by atoms with E-state index >= 15 is 0 Å². The number of benzene rings is 2. The molecule has 0 atom stereocenters. The smallest absolute Gasteiger partial charge is 0.261 e. The van der Waals surface area contributed by atoms with E-state index in [9.17, 15) is 14.4 Å². The second-order valence-corrected chi connectivity index (χ2v) is 8.48. The molecule has 4 rings (SSSR count). The Labute approximate surface area is 192 Å². The summed E-state index contributed by atoms with van der Waals surface area (Å²) < 4.78 is 0. The van der Waals surface area contributed by atoms with E-state index in [1.807, 2.05) is 12.1 Å². The van der Waals surface area contributed by atoms with Crippen LogP contribution in [-0.4, -0.2) is 66.8 Å². The van der Waals surface area contributed by atoms with Gasteiger partial charge in [0, 0.05) is 44.2 Å². The molecule has 0 spiro atoms. The minimum Gasteiger partial charge on any atom is -0.367 e.